The van der Waals surface area contributed by atoms with Crippen LogP contribution in [0.3, 0.4) is 0 Å². The summed E-state index contributed by atoms with van der Waals surface area (Å²) in [5, 5.41) is 5.84. The van der Waals surface area contributed by atoms with Crippen molar-refractivity contribution in [2.75, 3.05) is 24.9 Å². The molecule has 1 heterocycles. The Hall–Kier alpha value is -3.61. The molecule has 0 aliphatic heterocycles. The second-order valence-corrected chi connectivity index (χ2v) is 5.30. The van der Waals surface area contributed by atoms with E-state index in [1.807, 2.05) is 24.3 Å². The molecule has 0 fully saturated rings. The highest BCUT2D eigenvalue weighted by molar-refractivity contribution is 6.03. The van der Waals surface area contributed by atoms with Gasteiger partial charge in [0.25, 0.3) is 5.91 Å². The van der Waals surface area contributed by atoms with Crippen molar-refractivity contribution < 1.29 is 14.3 Å². The number of carbonyl (C=O) groups excluding carboxylic acids is 1. The van der Waals surface area contributed by atoms with Gasteiger partial charge < -0.3 is 20.1 Å². The van der Waals surface area contributed by atoms with Crippen molar-refractivity contribution in [3.8, 4) is 11.5 Å². The van der Waals surface area contributed by atoms with Crippen molar-refractivity contribution in [2.45, 2.75) is 0 Å². The molecule has 0 spiro atoms. The Morgan fingerprint density at radius 3 is 2.00 bits per heavy atom. The van der Waals surface area contributed by atoms with Crippen LogP contribution in [-0.4, -0.2) is 30.1 Å². The Morgan fingerprint density at radius 2 is 1.42 bits per heavy atom. The number of anilines is 3. The molecule has 7 heteroatoms. The zero-order valence-corrected chi connectivity index (χ0v) is 14.4. The van der Waals surface area contributed by atoms with Gasteiger partial charge in [-0.05, 0) is 54.6 Å². The van der Waals surface area contributed by atoms with E-state index in [1.165, 1.54) is 6.20 Å². The van der Waals surface area contributed by atoms with Crippen molar-refractivity contribution in [3.63, 3.8) is 0 Å². The summed E-state index contributed by atoms with van der Waals surface area (Å²) in [5.41, 5.74) is 1.70. The van der Waals surface area contributed by atoms with Crippen LogP contribution in [0.15, 0.2) is 60.8 Å². The molecular formula is C19H18N4O3. The lowest BCUT2D eigenvalue weighted by molar-refractivity contribution is 0.102. The fourth-order valence-corrected chi connectivity index (χ4v) is 2.22. The highest BCUT2D eigenvalue weighted by Gasteiger charge is 2.10. The highest BCUT2D eigenvalue weighted by atomic mass is 16.5. The van der Waals surface area contributed by atoms with Crippen molar-refractivity contribution in [2.24, 2.45) is 0 Å². The van der Waals surface area contributed by atoms with Gasteiger partial charge in [0.1, 0.15) is 17.2 Å². The molecule has 0 saturated carbocycles. The first-order valence-electron chi connectivity index (χ1n) is 7.87. The van der Waals surface area contributed by atoms with Gasteiger partial charge in [-0.2, -0.15) is 0 Å². The number of hydrogen-bond donors (Lipinski definition) is 2. The molecule has 3 rings (SSSR count). The van der Waals surface area contributed by atoms with Gasteiger partial charge in [-0.15, -0.1) is 0 Å². The smallest absolute Gasteiger partial charge is 0.274 e. The first kappa shape index (κ1) is 17.2. The van der Waals surface area contributed by atoms with Gasteiger partial charge in [-0.25, -0.2) is 9.97 Å². The molecule has 3 aromatic rings. The Bertz CT molecular complexity index is 880. The van der Waals surface area contributed by atoms with Crippen molar-refractivity contribution in [1.82, 2.24) is 9.97 Å². The first-order valence-corrected chi connectivity index (χ1v) is 7.87. The number of amides is 1. The Labute approximate surface area is 151 Å². The average Bonchev–Trinajstić information content (AvgIpc) is 2.69. The van der Waals surface area contributed by atoms with E-state index >= 15 is 0 Å². The second-order valence-electron chi connectivity index (χ2n) is 5.30. The van der Waals surface area contributed by atoms with E-state index in [0.29, 0.717) is 11.6 Å². The molecule has 2 aromatic carbocycles. The normalized spacial score (nSPS) is 10.1. The van der Waals surface area contributed by atoms with E-state index in [0.717, 1.165) is 17.2 Å². The molecule has 0 bridgehead atoms. The summed E-state index contributed by atoms with van der Waals surface area (Å²) in [7, 11) is 3.20. The summed E-state index contributed by atoms with van der Waals surface area (Å²) in [6.45, 7) is 0. The van der Waals surface area contributed by atoms with Crippen molar-refractivity contribution >= 4 is 23.2 Å². The molecule has 7 nitrogen and oxygen atoms in total. The van der Waals surface area contributed by atoms with Crippen LogP contribution in [0, 0.1) is 0 Å². The van der Waals surface area contributed by atoms with Crippen molar-refractivity contribution in [3.05, 3.63) is 66.5 Å². The number of benzene rings is 2. The highest BCUT2D eigenvalue weighted by Crippen LogP contribution is 2.18. The Balaban J connectivity index is 1.69. The summed E-state index contributed by atoms with van der Waals surface area (Å²) < 4.78 is 10.2. The maximum Gasteiger partial charge on any atom is 0.274 e. The minimum Gasteiger partial charge on any atom is -0.497 e. The number of hydrogen-bond acceptors (Lipinski definition) is 6. The number of carbonyl (C=O) groups is 1. The van der Waals surface area contributed by atoms with Gasteiger partial charge in [0.15, 0.2) is 0 Å². The molecule has 1 amide bonds. The molecular weight excluding hydrogens is 332 g/mol. The van der Waals surface area contributed by atoms with E-state index < -0.39 is 0 Å². The van der Waals surface area contributed by atoms with Crippen LogP contribution in [0.5, 0.6) is 11.5 Å². The Kier molecular flexibility index (Phi) is 5.28. The molecule has 0 radical (unpaired) electrons. The standard InChI is InChI=1S/C19H18N4O3/c1-25-15-7-3-13(4-8-15)21-18(24)17-11-12-20-19(23-17)22-14-5-9-16(26-2)10-6-14/h3-12H,1-2H3,(H,21,24)(H,20,22,23). The predicted molar refractivity (Wildman–Crippen MR) is 99.3 cm³/mol. The van der Waals surface area contributed by atoms with E-state index in [-0.39, 0.29) is 11.6 Å². The van der Waals surface area contributed by atoms with Gasteiger partial charge in [0, 0.05) is 17.6 Å². The Morgan fingerprint density at radius 1 is 0.846 bits per heavy atom. The van der Waals surface area contributed by atoms with Gasteiger partial charge in [0.05, 0.1) is 14.2 Å². The third-order valence-corrected chi connectivity index (χ3v) is 3.58. The summed E-state index contributed by atoms with van der Waals surface area (Å²) in [5.74, 6) is 1.48. The first-order chi connectivity index (χ1) is 12.7. The average molecular weight is 350 g/mol. The summed E-state index contributed by atoms with van der Waals surface area (Å²) in [6.07, 6.45) is 1.53. The summed E-state index contributed by atoms with van der Waals surface area (Å²) in [4.78, 5) is 20.8. The van der Waals surface area contributed by atoms with Gasteiger partial charge in [-0.1, -0.05) is 0 Å². The van der Waals surface area contributed by atoms with Gasteiger partial charge in [-0.3, -0.25) is 4.79 Å². The van der Waals surface area contributed by atoms with Crippen LogP contribution >= 0.6 is 0 Å². The number of methoxy groups -OCH3 is 2. The van der Waals surface area contributed by atoms with E-state index in [9.17, 15) is 4.79 Å². The molecule has 0 saturated heterocycles. The molecule has 0 atom stereocenters. The number of rotatable bonds is 6. The summed E-state index contributed by atoms with van der Waals surface area (Å²) in [6, 6.07) is 15.9. The van der Waals surface area contributed by atoms with E-state index in [4.69, 9.17) is 9.47 Å². The maximum atomic E-state index is 12.4. The SMILES string of the molecule is COc1ccc(NC(=O)c2ccnc(Nc3ccc(OC)cc3)n2)cc1. The topological polar surface area (TPSA) is 85.4 Å². The molecule has 0 aliphatic carbocycles. The molecule has 2 N–H and O–H groups in total. The van der Waals surface area contributed by atoms with Crippen molar-refractivity contribution in [1.29, 1.82) is 0 Å². The van der Waals surface area contributed by atoms with Gasteiger partial charge >= 0.3 is 0 Å². The van der Waals surface area contributed by atoms with Crippen LogP contribution in [0.1, 0.15) is 10.5 Å². The summed E-state index contributed by atoms with van der Waals surface area (Å²) >= 11 is 0. The minimum absolute atomic E-state index is 0.256. The van der Waals surface area contributed by atoms with Crippen LogP contribution in [0.25, 0.3) is 0 Å². The monoisotopic (exact) mass is 350 g/mol. The number of aromatic nitrogens is 2. The third kappa shape index (κ3) is 4.27. The number of nitrogens with one attached hydrogen (secondary N) is 2. The number of ether oxygens (including phenoxy) is 2. The van der Waals surface area contributed by atoms with Crippen LogP contribution in [0.4, 0.5) is 17.3 Å². The molecule has 1 aromatic heterocycles. The van der Waals surface area contributed by atoms with E-state index in [2.05, 4.69) is 20.6 Å². The van der Waals surface area contributed by atoms with Crippen LogP contribution < -0.4 is 20.1 Å². The second kappa shape index (κ2) is 7.98. The lowest BCUT2D eigenvalue weighted by Gasteiger charge is -2.08. The maximum absolute atomic E-state index is 12.4. The number of nitrogens with zero attached hydrogens (tertiary/aromatic N) is 2. The van der Waals surface area contributed by atoms with Gasteiger partial charge in [0.2, 0.25) is 5.95 Å². The minimum atomic E-state index is -0.324. The largest absolute Gasteiger partial charge is 0.497 e. The molecule has 26 heavy (non-hydrogen) atoms. The zero-order valence-electron chi connectivity index (χ0n) is 14.4. The lowest BCUT2D eigenvalue weighted by Crippen LogP contribution is -2.14. The third-order valence-electron chi connectivity index (χ3n) is 3.58. The fourth-order valence-electron chi connectivity index (χ4n) is 2.22. The molecule has 0 aliphatic rings. The zero-order chi connectivity index (χ0) is 18.4. The molecule has 132 valence electrons. The quantitative estimate of drug-likeness (QED) is 0.708. The van der Waals surface area contributed by atoms with Crippen LogP contribution in [-0.2, 0) is 0 Å². The lowest BCUT2D eigenvalue weighted by atomic mass is 10.3. The van der Waals surface area contributed by atoms with E-state index in [1.54, 1.807) is 44.6 Å². The van der Waals surface area contributed by atoms with Crippen LogP contribution in [0.2, 0.25) is 0 Å². The molecule has 0 unspecified atom stereocenters. The fraction of sp³-hybridized carbons (Fsp3) is 0.105. The predicted octanol–water partition coefficient (Wildman–Crippen LogP) is 3.49.